The molecule has 1 spiro atoms. The van der Waals surface area contributed by atoms with Crippen LogP contribution in [-0.2, 0) is 5.41 Å². The Bertz CT molecular complexity index is 4150. The second kappa shape index (κ2) is 14.7. The Balaban J connectivity index is 0.881. The van der Waals surface area contributed by atoms with E-state index in [4.69, 9.17) is 0 Å². The number of anilines is 3. The third-order valence-corrected chi connectivity index (χ3v) is 16.5. The number of thiophene rings is 1. The molecule has 0 saturated heterocycles. The molecular formula is C67H41NS. The summed E-state index contributed by atoms with van der Waals surface area (Å²) in [4.78, 5) is 2.43. The highest BCUT2D eigenvalue weighted by atomic mass is 32.1. The predicted octanol–water partition coefficient (Wildman–Crippen LogP) is 18.7. The molecular weight excluding hydrogens is 851 g/mol. The Kier molecular flexibility index (Phi) is 8.22. The van der Waals surface area contributed by atoms with Crippen LogP contribution in [0.2, 0.25) is 0 Å². The zero-order chi connectivity index (χ0) is 45.2. The van der Waals surface area contributed by atoms with Crippen molar-refractivity contribution in [2.75, 3.05) is 4.90 Å². The monoisotopic (exact) mass is 891 g/mol. The Hall–Kier alpha value is -8.56. The van der Waals surface area contributed by atoms with Gasteiger partial charge in [-0.25, -0.2) is 0 Å². The Morgan fingerprint density at radius 3 is 1.30 bits per heavy atom. The van der Waals surface area contributed by atoms with Crippen molar-refractivity contribution in [3.63, 3.8) is 0 Å². The van der Waals surface area contributed by atoms with Gasteiger partial charge in [-0.3, -0.25) is 0 Å². The van der Waals surface area contributed by atoms with Gasteiger partial charge in [0.2, 0.25) is 0 Å². The molecule has 0 bridgehead atoms. The van der Waals surface area contributed by atoms with Crippen LogP contribution < -0.4 is 4.90 Å². The van der Waals surface area contributed by atoms with Crippen molar-refractivity contribution in [2.24, 2.45) is 0 Å². The molecule has 1 aromatic heterocycles. The average molecular weight is 892 g/mol. The Labute approximate surface area is 404 Å². The fourth-order valence-electron chi connectivity index (χ4n) is 12.3. The van der Waals surface area contributed by atoms with E-state index in [-0.39, 0.29) is 5.41 Å². The topological polar surface area (TPSA) is 3.24 Å². The summed E-state index contributed by atoms with van der Waals surface area (Å²) in [6.07, 6.45) is 0. The lowest BCUT2D eigenvalue weighted by atomic mass is 9.70. The molecule has 0 aliphatic heterocycles. The summed E-state index contributed by atoms with van der Waals surface area (Å²) in [7, 11) is 0. The van der Waals surface area contributed by atoms with Crippen molar-refractivity contribution in [2.45, 2.75) is 5.41 Å². The van der Waals surface area contributed by atoms with Crippen LogP contribution >= 0.6 is 11.3 Å². The van der Waals surface area contributed by atoms with Crippen molar-refractivity contribution in [3.05, 3.63) is 271 Å². The summed E-state index contributed by atoms with van der Waals surface area (Å²) < 4.78 is 2.65. The lowest BCUT2D eigenvalue weighted by Gasteiger charge is -2.30. The van der Waals surface area contributed by atoms with Crippen LogP contribution in [0.25, 0.3) is 97.0 Å². The van der Waals surface area contributed by atoms with Crippen LogP contribution in [0.3, 0.4) is 0 Å². The van der Waals surface area contributed by atoms with Gasteiger partial charge in [-0.15, -0.1) is 11.3 Å². The first-order valence-corrected chi connectivity index (χ1v) is 24.7. The molecule has 2 heteroatoms. The molecule has 2 aliphatic carbocycles. The fourth-order valence-corrected chi connectivity index (χ4v) is 13.6. The zero-order valence-corrected chi connectivity index (χ0v) is 38.3. The maximum absolute atomic E-state index is 2.48. The number of hydrogen-bond acceptors (Lipinski definition) is 2. The second-order valence-corrected chi connectivity index (χ2v) is 19.7. The van der Waals surface area contributed by atoms with E-state index in [1.165, 1.54) is 119 Å². The molecule has 0 amide bonds. The molecule has 69 heavy (non-hydrogen) atoms. The van der Waals surface area contributed by atoms with Crippen molar-refractivity contribution >= 4 is 80.9 Å². The van der Waals surface area contributed by atoms with E-state index in [0.717, 1.165) is 17.1 Å². The van der Waals surface area contributed by atoms with Crippen molar-refractivity contribution in [3.8, 4) is 44.5 Å². The molecule has 0 N–H and O–H groups in total. The largest absolute Gasteiger partial charge is 0.310 e. The molecule has 1 nitrogen and oxygen atoms in total. The molecule has 0 atom stereocenters. The summed E-state index contributed by atoms with van der Waals surface area (Å²) in [5.41, 5.74) is 18.6. The van der Waals surface area contributed by atoms with Crippen molar-refractivity contribution < 1.29 is 0 Å². The van der Waals surface area contributed by atoms with Gasteiger partial charge < -0.3 is 4.90 Å². The molecule has 2 aliphatic rings. The average Bonchev–Trinajstić information content (AvgIpc) is 4.06. The van der Waals surface area contributed by atoms with Crippen molar-refractivity contribution in [1.29, 1.82) is 0 Å². The van der Waals surface area contributed by atoms with E-state index in [1.54, 1.807) is 0 Å². The first kappa shape index (κ1) is 38.5. The van der Waals surface area contributed by atoms with E-state index < -0.39 is 0 Å². The molecule has 0 unspecified atom stereocenters. The minimum atomic E-state index is -0.383. The minimum Gasteiger partial charge on any atom is -0.310 e. The molecule has 12 aromatic carbocycles. The van der Waals surface area contributed by atoms with E-state index in [2.05, 4.69) is 254 Å². The van der Waals surface area contributed by atoms with Crippen molar-refractivity contribution in [1.82, 2.24) is 0 Å². The quantitative estimate of drug-likeness (QED) is 0.156. The van der Waals surface area contributed by atoms with Gasteiger partial charge in [0.1, 0.15) is 0 Å². The molecule has 0 fully saturated rings. The van der Waals surface area contributed by atoms with E-state index in [1.807, 2.05) is 11.3 Å². The van der Waals surface area contributed by atoms with Gasteiger partial charge in [-0.1, -0.05) is 200 Å². The summed E-state index contributed by atoms with van der Waals surface area (Å²) in [6, 6.07) is 93.0. The standard InChI is InChI=1S/C67H41NS/c1-2-16-51-49(14-1)50-15-3-4-17-52(50)60-41-47(37-39-53(51)60)68(46-35-30-43(31-36-46)48-22-13-23-59-58-21-8-12-27-65(58)69-66(48)59)45-33-28-42(29-34-45)44-32-38-57-56-20-7-11-26-63(56)67(64(57)40-44)61-24-9-5-18-54(61)55-19-6-10-25-62(55)67/h1-41H. The molecule has 13 aromatic rings. The van der Waals surface area contributed by atoms with Gasteiger partial charge in [0.15, 0.2) is 0 Å². The van der Waals surface area contributed by atoms with Gasteiger partial charge in [-0.2, -0.15) is 0 Å². The van der Waals surface area contributed by atoms with Gasteiger partial charge in [0.25, 0.3) is 0 Å². The van der Waals surface area contributed by atoms with E-state index in [9.17, 15) is 0 Å². The lowest BCUT2D eigenvalue weighted by Crippen LogP contribution is -2.25. The van der Waals surface area contributed by atoms with Gasteiger partial charge in [-0.05, 0) is 148 Å². The number of rotatable bonds is 5. The minimum absolute atomic E-state index is 0.383. The normalized spacial score (nSPS) is 13.0. The Morgan fingerprint density at radius 1 is 0.261 bits per heavy atom. The van der Waals surface area contributed by atoms with Crippen LogP contribution in [-0.4, -0.2) is 0 Å². The van der Waals surface area contributed by atoms with Gasteiger partial charge >= 0.3 is 0 Å². The third-order valence-electron chi connectivity index (χ3n) is 15.3. The predicted molar refractivity (Wildman–Crippen MR) is 294 cm³/mol. The second-order valence-electron chi connectivity index (χ2n) is 18.7. The van der Waals surface area contributed by atoms with Crippen LogP contribution in [0.5, 0.6) is 0 Å². The van der Waals surface area contributed by atoms with Gasteiger partial charge in [0.05, 0.1) is 5.41 Å². The smallest absolute Gasteiger partial charge is 0.0725 e. The zero-order valence-electron chi connectivity index (χ0n) is 37.5. The summed E-state index contributed by atoms with van der Waals surface area (Å²) in [6.45, 7) is 0. The number of nitrogens with zero attached hydrogens (tertiary/aromatic N) is 1. The third kappa shape index (κ3) is 5.46. The van der Waals surface area contributed by atoms with Crippen LogP contribution in [0.4, 0.5) is 17.1 Å². The van der Waals surface area contributed by atoms with E-state index in [0.29, 0.717) is 0 Å². The molecule has 0 radical (unpaired) electrons. The summed E-state index contributed by atoms with van der Waals surface area (Å²) in [5, 5.41) is 10.2. The Morgan fingerprint density at radius 2 is 0.696 bits per heavy atom. The number of hydrogen-bond donors (Lipinski definition) is 0. The highest BCUT2D eigenvalue weighted by Crippen LogP contribution is 2.63. The number of fused-ring (bicyclic) bond motifs is 19. The highest BCUT2D eigenvalue weighted by molar-refractivity contribution is 7.26. The van der Waals surface area contributed by atoms with E-state index >= 15 is 0 Å². The molecule has 320 valence electrons. The van der Waals surface area contributed by atoms with Crippen LogP contribution in [0, 0.1) is 0 Å². The van der Waals surface area contributed by atoms with Crippen LogP contribution in [0.1, 0.15) is 22.3 Å². The van der Waals surface area contributed by atoms with Gasteiger partial charge in [0, 0.05) is 37.2 Å². The molecule has 15 rings (SSSR count). The fraction of sp³-hybridized carbons (Fsp3) is 0.0149. The van der Waals surface area contributed by atoms with Crippen LogP contribution in [0.15, 0.2) is 249 Å². The molecule has 0 saturated carbocycles. The first-order valence-electron chi connectivity index (χ1n) is 23.9. The lowest BCUT2D eigenvalue weighted by molar-refractivity contribution is 0.794. The maximum atomic E-state index is 2.48. The highest BCUT2D eigenvalue weighted by Gasteiger charge is 2.51. The summed E-state index contributed by atoms with van der Waals surface area (Å²) >= 11 is 1.88. The summed E-state index contributed by atoms with van der Waals surface area (Å²) in [5.74, 6) is 0. The SMILES string of the molecule is c1ccc2c(c1)-c1ccccc1C21c2ccccc2-c2ccc(-c3ccc(N(c4ccc(-c5cccc6c5sc5ccccc56)cc4)c4ccc5c6ccccc6c6ccccc6c5c4)cc3)cc21. The molecule has 1 heterocycles. The maximum Gasteiger partial charge on any atom is 0.0725 e. The first-order chi connectivity index (χ1) is 34.2. The number of benzene rings is 12.